The largest absolute Gasteiger partial charge is 0.394 e. The molecule has 0 radical (unpaired) electrons. The van der Waals surface area contributed by atoms with Crippen molar-refractivity contribution in [2.45, 2.75) is 13.0 Å². The number of carbonyl (C=O) groups excluding carboxylic acids is 2. The number of fused-ring (bicyclic) bond motifs is 1. The number of carbonyl (C=O) groups is 2. The summed E-state index contributed by atoms with van der Waals surface area (Å²) in [5.41, 5.74) is 8.86. The summed E-state index contributed by atoms with van der Waals surface area (Å²) >= 11 is 0. The number of nitrogens with one attached hydrogen (secondary N) is 1. The molecule has 0 saturated carbocycles. The molecule has 3 aromatic rings. The molecule has 0 spiro atoms. The van der Waals surface area contributed by atoms with E-state index in [-0.39, 0.29) is 0 Å². The zero-order valence-corrected chi connectivity index (χ0v) is 14.4. The molecule has 0 fully saturated rings. The Bertz CT molecular complexity index is 982. The van der Waals surface area contributed by atoms with E-state index >= 15 is 0 Å². The van der Waals surface area contributed by atoms with E-state index in [1.165, 1.54) is 0 Å². The molecule has 26 heavy (non-hydrogen) atoms. The molecule has 0 heterocycles. The maximum Gasteiger partial charge on any atom is 0.252 e. The molecular weight excluding hydrogens is 328 g/mol. The van der Waals surface area contributed by atoms with Crippen LogP contribution in [0.1, 0.15) is 15.9 Å². The topological polar surface area (TPSA) is 92.4 Å². The summed E-state index contributed by atoms with van der Waals surface area (Å²) in [4.78, 5) is 23.9. The zero-order valence-electron chi connectivity index (χ0n) is 14.4. The fourth-order valence-electron chi connectivity index (χ4n) is 3.00. The van der Waals surface area contributed by atoms with E-state index in [4.69, 9.17) is 5.73 Å². The molecule has 5 nitrogen and oxygen atoms in total. The van der Waals surface area contributed by atoms with Gasteiger partial charge in [-0.25, -0.2) is 0 Å². The Morgan fingerprint density at radius 2 is 1.77 bits per heavy atom. The molecule has 0 aliphatic rings. The average Bonchev–Trinajstić information content (AvgIpc) is 2.64. The minimum Gasteiger partial charge on any atom is -0.394 e. The van der Waals surface area contributed by atoms with Gasteiger partial charge in [-0.05, 0) is 34.9 Å². The third kappa shape index (κ3) is 3.43. The molecule has 5 heteroatoms. The molecule has 2 amide bonds. The fraction of sp³-hybridized carbons (Fsp3) is 0.143. The summed E-state index contributed by atoms with van der Waals surface area (Å²) in [6.07, 6.45) is 0. The summed E-state index contributed by atoms with van der Waals surface area (Å²) in [5.74, 6) is -1.23. The summed E-state index contributed by atoms with van der Waals surface area (Å²) in [7, 11) is 0. The van der Waals surface area contributed by atoms with E-state index in [1.54, 1.807) is 6.07 Å². The summed E-state index contributed by atoms with van der Waals surface area (Å²) in [5, 5.41) is 13.4. The van der Waals surface area contributed by atoms with Gasteiger partial charge in [0.15, 0.2) is 0 Å². The van der Waals surface area contributed by atoms with E-state index in [2.05, 4.69) is 11.4 Å². The van der Waals surface area contributed by atoms with Gasteiger partial charge in [-0.15, -0.1) is 0 Å². The van der Waals surface area contributed by atoms with Crippen molar-refractivity contribution in [3.05, 3.63) is 71.8 Å². The van der Waals surface area contributed by atoms with E-state index in [1.807, 2.05) is 55.5 Å². The van der Waals surface area contributed by atoms with Gasteiger partial charge in [-0.2, -0.15) is 0 Å². The van der Waals surface area contributed by atoms with Crippen LogP contribution in [0.3, 0.4) is 0 Å². The van der Waals surface area contributed by atoms with Crippen LogP contribution in [0.4, 0.5) is 0 Å². The van der Waals surface area contributed by atoms with Crippen LogP contribution in [0.15, 0.2) is 60.7 Å². The monoisotopic (exact) mass is 348 g/mol. The first-order valence-corrected chi connectivity index (χ1v) is 8.31. The second-order valence-corrected chi connectivity index (χ2v) is 6.19. The van der Waals surface area contributed by atoms with E-state index < -0.39 is 24.5 Å². The van der Waals surface area contributed by atoms with Gasteiger partial charge in [0.2, 0.25) is 5.91 Å². The SMILES string of the molecule is Cc1cccc(-c2ccc(C(=O)N[C@@H](CO)C(N)=O)c3ccccc23)c1. The minimum absolute atomic E-state index is 0.428. The number of primary amides is 1. The van der Waals surface area contributed by atoms with Crippen molar-refractivity contribution in [2.75, 3.05) is 6.61 Å². The molecule has 0 aromatic heterocycles. The van der Waals surface area contributed by atoms with Crippen molar-refractivity contribution in [2.24, 2.45) is 5.73 Å². The maximum absolute atomic E-state index is 12.6. The highest BCUT2D eigenvalue weighted by atomic mass is 16.3. The molecule has 3 rings (SSSR count). The van der Waals surface area contributed by atoms with Gasteiger partial charge in [-0.3, -0.25) is 9.59 Å². The third-order valence-electron chi connectivity index (χ3n) is 4.33. The van der Waals surface area contributed by atoms with Crippen LogP contribution in [0.5, 0.6) is 0 Å². The number of aliphatic hydroxyl groups excluding tert-OH is 1. The number of hydrogen-bond donors (Lipinski definition) is 3. The van der Waals surface area contributed by atoms with Gasteiger partial charge >= 0.3 is 0 Å². The molecule has 3 aromatic carbocycles. The van der Waals surface area contributed by atoms with Crippen LogP contribution in [0.2, 0.25) is 0 Å². The molecule has 0 aliphatic heterocycles. The Morgan fingerprint density at radius 3 is 2.42 bits per heavy atom. The highest BCUT2D eigenvalue weighted by molar-refractivity contribution is 6.11. The van der Waals surface area contributed by atoms with Crippen LogP contribution in [-0.4, -0.2) is 29.6 Å². The van der Waals surface area contributed by atoms with Gasteiger partial charge < -0.3 is 16.2 Å². The Balaban J connectivity index is 2.08. The van der Waals surface area contributed by atoms with Gasteiger partial charge in [-0.1, -0.05) is 60.2 Å². The zero-order chi connectivity index (χ0) is 18.7. The molecule has 0 bridgehead atoms. The number of rotatable bonds is 5. The van der Waals surface area contributed by atoms with Gasteiger partial charge in [0.1, 0.15) is 6.04 Å². The average molecular weight is 348 g/mol. The summed E-state index contributed by atoms with van der Waals surface area (Å²) in [6.45, 7) is 1.49. The third-order valence-corrected chi connectivity index (χ3v) is 4.33. The van der Waals surface area contributed by atoms with Crippen LogP contribution in [-0.2, 0) is 4.79 Å². The highest BCUT2D eigenvalue weighted by Crippen LogP contribution is 2.31. The lowest BCUT2D eigenvalue weighted by Gasteiger charge is -2.15. The van der Waals surface area contributed by atoms with Crippen molar-refractivity contribution in [1.29, 1.82) is 0 Å². The Kier molecular flexibility index (Phi) is 5.00. The minimum atomic E-state index is -1.11. The molecule has 0 unspecified atom stereocenters. The van der Waals surface area contributed by atoms with E-state index in [0.717, 1.165) is 27.5 Å². The van der Waals surface area contributed by atoms with Crippen molar-refractivity contribution < 1.29 is 14.7 Å². The molecule has 4 N–H and O–H groups in total. The number of aliphatic hydroxyl groups is 1. The number of aryl methyl sites for hydroxylation is 1. The van der Waals surface area contributed by atoms with E-state index in [9.17, 15) is 14.7 Å². The van der Waals surface area contributed by atoms with Crippen molar-refractivity contribution in [3.63, 3.8) is 0 Å². The van der Waals surface area contributed by atoms with Gasteiger partial charge in [0.05, 0.1) is 6.61 Å². The highest BCUT2D eigenvalue weighted by Gasteiger charge is 2.20. The van der Waals surface area contributed by atoms with Crippen molar-refractivity contribution in [3.8, 4) is 11.1 Å². The standard InChI is InChI=1S/C21H20N2O3/c1-13-5-4-6-14(11-13)15-9-10-18(17-8-3-2-7-16(15)17)21(26)23-19(12-24)20(22)25/h2-11,19,24H,12H2,1H3,(H2,22,25)(H,23,26)/t19-/m0/s1. The molecule has 132 valence electrons. The first-order chi connectivity index (χ1) is 12.5. The summed E-state index contributed by atoms with van der Waals surface area (Å²) in [6, 6.07) is 18.3. The van der Waals surface area contributed by atoms with Gasteiger partial charge in [0.25, 0.3) is 5.91 Å². The first-order valence-electron chi connectivity index (χ1n) is 8.31. The normalized spacial score (nSPS) is 11.9. The van der Waals surface area contributed by atoms with E-state index in [0.29, 0.717) is 5.56 Å². The quantitative estimate of drug-likeness (QED) is 0.661. The fourth-order valence-corrected chi connectivity index (χ4v) is 3.00. The number of hydrogen-bond acceptors (Lipinski definition) is 3. The Morgan fingerprint density at radius 1 is 1.04 bits per heavy atom. The van der Waals surface area contributed by atoms with Crippen molar-refractivity contribution >= 4 is 22.6 Å². The van der Waals surface area contributed by atoms with Gasteiger partial charge in [0, 0.05) is 5.56 Å². The molecule has 0 saturated heterocycles. The smallest absolute Gasteiger partial charge is 0.252 e. The molecule has 1 atom stereocenters. The lowest BCUT2D eigenvalue weighted by molar-refractivity contribution is -0.120. The Labute approximate surface area is 151 Å². The predicted octanol–water partition coefficient (Wildman–Crippen LogP) is 2.39. The number of benzene rings is 3. The van der Waals surface area contributed by atoms with Crippen LogP contribution < -0.4 is 11.1 Å². The molecular formula is C21H20N2O3. The first kappa shape index (κ1) is 17.6. The Hall–Kier alpha value is -3.18. The summed E-state index contributed by atoms with van der Waals surface area (Å²) < 4.78 is 0. The van der Waals surface area contributed by atoms with Crippen LogP contribution >= 0.6 is 0 Å². The second-order valence-electron chi connectivity index (χ2n) is 6.19. The second kappa shape index (κ2) is 7.37. The number of amides is 2. The lowest BCUT2D eigenvalue weighted by atomic mass is 9.94. The lowest BCUT2D eigenvalue weighted by Crippen LogP contribution is -2.46. The van der Waals surface area contributed by atoms with Crippen LogP contribution in [0, 0.1) is 6.92 Å². The van der Waals surface area contributed by atoms with Crippen LogP contribution in [0.25, 0.3) is 21.9 Å². The number of nitrogens with two attached hydrogens (primary N) is 1. The predicted molar refractivity (Wildman–Crippen MR) is 102 cm³/mol. The maximum atomic E-state index is 12.6. The molecule has 0 aliphatic carbocycles. The van der Waals surface area contributed by atoms with Crippen molar-refractivity contribution in [1.82, 2.24) is 5.32 Å².